The normalized spacial score (nSPS) is 10.4. The van der Waals surface area contributed by atoms with Gasteiger partial charge in [0.15, 0.2) is 0 Å². The molecule has 0 saturated carbocycles. The fraction of sp³-hybridized carbons (Fsp3) is 0.263. The van der Waals surface area contributed by atoms with Gasteiger partial charge in [-0.05, 0) is 43.2 Å². The number of thioether (sulfide) groups is 1. The average Bonchev–Trinajstić information content (AvgIpc) is 2.59. The number of ether oxygens (including phenoxy) is 1. The van der Waals surface area contributed by atoms with Gasteiger partial charge in [-0.25, -0.2) is 9.18 Å². The molecule has 0 heterocycles. The van der Waals surface area contributed by atoms with Crippen LogP contribution in [0, 0.1) is 12.7 Å². The first kappa shape index (κ1) is 19.0. The fourth-order valence-electron chi connectivity index (χ4n) is 2.15. The summed E-state index contributed by atoms with van der Waals surface area (Å²) in [7, 11) is 0. The van der Waals surface area contributed by atoms with Crippen molar-refractivity contribution in [2.45, 2.75) is 19.6 Å². The topological polar surface area (TPSA) is 55.4 Å². The number of anilines is 1. The lowest BCUT2D eigenvalue weighted by Gasteiger charge is -2.10. The molecule has 0 aliphatic rings. The minimum absolute atomic E-state index is 0.192. The van der Waals surface area contributed by atoms with Crippen molar-refractivity contribution in [2.24, 2.45) is 0 Å². The first-order chi connectivity index (χ1) is 12.0. The van der Waals surface area contributed by atoms with Crippen LogP contribution >= 0.6 is 11.8 Å². The van der Waals surface area contributed by atoms with Gasteiger partial charge in [0.25, 0.3) is 0 Å². The number of halogens is 1. The van der Waals surface area contributed by atoms with Crippen molar-refractivity contribution in [3.8, 4) is 0 Å². The van der Waals surface area contributed by atoms with Gasteiger partial charge in [-0.2, -0.15) is 0 Å². The number of amides is 1. The molecule has 132 valence electrons. The minimum Gasteiger partial charge on any atom is -0.462 e. The Balaban J connectivity index is 1.92. The summed E-state index contributed by atoms with van der Waals surface area (Å²) in [4.78, 5) is 23.9. The Kier molecular flexibility index (Phi) is 7.01. The Labute approximate surface area is 150 Å². The highest BCUT2D eigenvalue weighted by molar-refractivity contribution is 7.99. The van der Waals surface area contributed by atoms with Gasteiger partial charge in [0, 0.05) is 11.4 Å². The van der Waals surface area contributed by atoms with Gasteiger partial charge in [0.05, 0.1) is 17.9 Å². The molecule has 2 aromatic carbocycles. The maximum Gasteiger partial charge on any atom is 0.338 e. The maximum absolute atomic E-state index is 13.5. The molecule has 0 atom stereocenters. The summed E-state index contributed by atoms with van der Waals surface area (Å²) in [6, 6.07) is 11.5. The van der Waals surface area contributed by atoms with E-state index < -0.39 is 5.97 Å². The van der Waals surface area contributed by atoms with Crippen LogP contribution in [0.2, 0.25) is 0 Å². The zero-order valence-electron chi connectivity index (χ0n) is 14.2. The molecule has 4 nitrogen and oxygen atoms in total. The highest BCUT2D eigenvalue weighted by Crippen LogP contribution is 2.19. The van der Waals surface area contributed by atoms with E-state index in [1.165, 1.54) is 17.8 Å². The smallest absolute Gasteiger partial charge is 0.338 e. The monoisotopic (exact) mass is 361 g/mol. The summed E-state index contributed by atoms with van der Waals surface area (Å²) in [6.45, 7) is 3.87. The number of aryl methyl sites for hydroxylation is 1. The molecular weight excluding hydrogens is 341 g/mol. The Bertz CT molecular complexity index is 764. The summed E-state index contributed by atoms with van der Waals surface area (Å²) in [5.74, 6) is -0.287. The van der Waals surface area contributed by atoms with Crippen LogP contribution in [0.1, 0.15) is 28.4 Å². The third-order valence-corrected chi connectivity index (χ3v) is 4.45. The number of hydrogen-bond donors (Lipinski definition) is 1. The number of esters is 1. The second-order valence-corrected chi connectivity index (χ2v) is 6.37. The zero-order valence-corrected chi connectivity index (χ0v) is 15.0. The second-order valence-electron chi connectivity index (χ2n) is 5.38. The number of nitrogens with one attached hydrogen (secondary N) is 1. The number of benzene rings is 2. The molecule has 0 bridgehead atoms. The Hall–Kier alpha value is -2.34. The van der Waals surface area contributed by atoms with Crippen molar-refractivity contribution < 1.29 is 18.7 Å². The Morgan fingerprint density at radius 1 is 1.20 bits per heavy atom. The lowest BCUT2D eigenvalue weighted by Crippen LogP contribution is -2.16. The van der Waals surface area contributed by atoms with Gasteiger partial charge in [-0.15, -0.1) is 11.8 Å². The van der Waals surface area contributed by atoms with Crippen LogP contribution in [-0.4, -0.2) is 24.2 Å². The van der Waals surface area contributed by atoms with Crippen LogP contribution in [0.3, 0.4) is 0 Å². The van der Waals surface area contributed by atoms with Gasteiger partial charge in [-0.3, -0.25) is 4.79 Å². The standard InChI is InChI=1S/C19H20FNO3S/c1-3-24-19(23)14-9-8-13(2)17(10-14)21-18(22)12-25-11-15-6-4-5-7-16(15)20/h4-10H,3,11-12H2,1-2H3,(H,21,22). The van der Waals surface area contributed by atoms with E-state index >= 15 is 0 Å². The van der Waals surface area contributed by atoms with Crippen LogP contribution in [0.15, 0.2) is 42.5 Å². The number of hydrogen-bond acceptors (Lipinski definition) is 4. The van der Waals surface area contributed by atoms with Crippen LogP contribution in [0.5, 0.6) is 0 Å². The largest absolute Gasteiger partial charge is 0.462 e. The van der Waals surface area contributed by atoms with E-state index in [1.54, 1.807) is 43.3 Å². The van der Waals surface area contributed by atoms with Crippen molar-refractivity contribution >= 4 is 29.3 Å². The molecule has 1 N–H and O–H groups in total. The lowest BCUT2D eigenvalue weighted by molar-refractivity contribution is -0.113. The van der Waals surface area contributed by atoms with E-state index in [1.807, 2.05) is 6.92 Å². The highest BCUT2D eigenvalue weighted by Gasteiger charge is 2.11. The quantitative estimate of drug-likeness (QED) is 0.752. The third-order valence-electron chi connectivity index (χ3n) is 3.47. The summed E-state index contributed by atoms with van der Waals surface area (Å²) in [5.41, 5.74) is 2.38. The molecular formula is C19H20FNO3S. The number of carbonyl (C=O) groups is 2. The van der Waals surface area contributed by atoms with Crippen LogP contribution < -0.4 is 5.32 Å². The van der Waals surface area contributed by atoms with Crippen molar-refractivity contribution in [1.82, 2.24) is 0 Å². The van der Waals surface area contributed by atoms with Gasteiger partial charge in [-0.1, -0.05) is 24.3 Å². The molecule has 6 heteroatoms. The molecule has 0 spiro atoms. The van der Waals surface area contributed by atoms with Crippen molar-refractivity contribution in [3.63, 3.8) is 0 Å². The van der Waals surface area contributed by atoms with Crippen LogP contribution in [0.25, 0.3) is 0 Å². The second kappa shape index (κ2) is 9.22. The molecule has 0 aliphatic carbocycles. The number of rotatable bonds is 7. The molecule has 0 aliphatic heterocycles. The fourth-order valence-corrected chi connectivity index (χ4v) is 2.97. The summed E-state index contributed by atoms with van der Waals surface area (Å²) in [5, 5.41) is 2.79. The highest BCUT2D eigenvalue weighted by atomic mass is 32.2. The SMILES string of the molecule is CCOC(=O)c1ccc(C)c(NC(=O)CSCc2ccccc2F)c1. The van der Waals surface area contributed by atoms with Crippen LogP contribution in [0.4, 0.5) is 10.1 Å². The maximum atomic E-state index is 13.5. The third kappa shape index (κ3) is 5.60. The van der Waals surface area contributed by atoms with Gasteiger partial charge >= 0.3 is 5.97 Å². The van der Waals surface area contributed by atoms with Gasteiger partial charge < -0.3 is 10.1 Å². The molecule has 0 unspecified atom stereocenters. The molecule has 25 heavy (non-hydrogen) atoms. The molecule has 1 amide bonds. The average molecular weight is 361 g/mol. The summed E-state index contributed by atoms with van der Waals surface area (Å²) < 4.78 is 18.5. The molecule has 0 aromatic heterocycles. The summed E-state index contributed by atoms with van der Waals surface area (Å²) >= 11 is 1.33. The van der Waals surface area contributed by atoms with E-state index in [-0.39, 0.29) is 17.5 Å². The lowest BCUT2D eigenvalue weighted by atomic mass is 10.1. The van der Waals surface area contributed by atoms with Crippen molar-refractivity contribution in [2.75, 3.05) is 17.7 Å². The van der Waals surface area contributed by atoms with Crippen molar-refractivity contribution in [1.29, 1.82) is 0 Å². The predicted molar refractivity (Wildman–Crippen MR) is 98.3 cm³/mol. The molecule has 0 saturated heterocycles. The van der Waals surface area contributed by atoms with Crippen molar-refractivity contribution in [3.05, 3.63) is 65.0 Å². The molecule has 2 aromatic rings. The molecule has 2 rings (SSSR count). The van der Waals surface area contributed by atoms with E-state index in [0.29, 0.717) is 29.2 Å². The van der Waals surface area contributed by atoms with E-state index in [4.69, 9.17) is 4.74 Å². The first-order valence-corrected chi connectivity index (χ1v) is 9.05. The Morgan fingerprint density at radius 3 is 2.68 bits per heavy atom. The minimum atomic E-state index is -0.424. The Morgan fingerprint density at radius 2 is 1.96 bits per heavy atom. The number of carbonyl (C=O) groups excluding carboxylic acids is 2. The van der Waals surface area contributed by atoms with Gasteiger partial charge in [0.2, 0.25) is 5.91 Å². The van der Waals surface area contributed by atoms with E-state index in [2.05, 4.69) is 5.32 Å². The van der Waals surface area contributed by atoms with E-state index in [0.717, 1.165) is 5.56 Å². The zero-order chi connectivity index (χ0) is 18.2. The van der Waals surface area contributed by atoms with E-state index in [9.17, 15) is 14.0 Å². The van der Waals surface area contributed by atoms with Crippen LogP contribution in [-0.2, 0) is 15.3 Å². The molecule has 0 radical (unpaired) electrons. The first-order valence-electron chi connectivity index (χ1n) is 7.90. The summed E-state index contributed by atoms with van der Waals surface area (Å²) in [6.07, 6.45) is 0. The molecule has 0 fully saturated rings. The predicted octanol–water partition coefficient (Wildman–Crippen LogP) is 4.18. The van der Waals surface area contributed by atoms with Gasteiger partial charge in [0.1, 0.15) is 5.82 Å².